The lowest BCUT2D eigenvalue weighted by molar-refractivity contribution is 0.0722. The van der Waals surface area contributed by atoms with Gasteiger partial charge < -0.3 is 9.84 Å². The van der Waals surface area contributed by atoms with Gasteiger partial charge in [0.2, 0.25) is 0 Å². The lowest BCUT2D eigenvalue weighted by Gasteiger charge is -2.15. The second kappa shape index (κ2) is 6.25. The maximum absolute atomic E-state index is 9.68. The molecular weight excluding hydrogens is 236 g/mol. The van der Waals surface area contributed by atoms with Crippen LogP contribution in [-0.4, -0.2) is 17.8 Å². The largest absolute Gasteiger partial charge is 0.496 e. The fourth-order valence-electron chi connectivity index (χ4n) is 2.22. The van der Waals surface area contributed by atoms with E-state index in [9.17, 15) is 5.11 Å². The Morgan fingerprint density at radius 2 is 1.84 bits per heavy atom. The molecule has 0 unspecified atom stereocenters. The third kappa shape index (κ3) is 4.39. The summed E-state index contributed by atoms with van der Waals surface area (Å²) in [4.78, 5) is 0. The summed E-state index contributed by atoms with van der Waals surface area (Å²) in [6.07, 6.45) is 5.93. The van der Waals surface area contributed by atoms with E-state index in [4.69, 9.17) is 4.74 Å². The number of allylic oxidation sites excluding steroid dienone is 1. The van der Waals surface area contributed by atoms with Crippen LogP contribution in [0.3, 0.4) is 0 Å². The van der Waals surface area contributed by atoms with Gasteiger partial charge in [0.05, 0.1) is 12.7 Å². The van der Waals surface area contributed by atoms with Crippen LogP contribution in [-0.2, 0) is 0 Å². The molecule has 1 N–H and O–H groups in total. The molecule has 0 radical (unpaired) electrons. The Bertz CT molecular complexity index is 465. The van der Waals surface area contributed by atoms with E-state index in [1.807, 2.05) is 13.8 Å². The lowest BCUT2D eigenvalue weighted by atomic mass is 9.97. The molecule has 19 heavy (non-hydrogen) atoms. The maximum atomic E-state index is 9.68. The summed E-state index contributed by atoms with van der Waals surface area (Å²) in [7, 11) is 1.72. The lowest BCUT2D eigenvalue weighted by Crippen LogP contribution is -2.17. The van der Waals surface area contributed by atoms with Crippen LogP contribution in [0.2, 0.25) is 0 Å². The van der Waals surface area contributed by atoms with Crippen molar-refractivity contribution in [3.8, 4) is 5.75 Å². The Kier molecular flexibility index (Phi) is 5.19. The zero-order valence-corrected chi connectivity index (χ0v) is 13.0. The van der Waals surface area contributed by atoms with E-state index in [-0.39, 0.29) is 0 Å². The van der Waals surface area contributed by atoms with E-state index >= 15 is 0 Å². The van der Waals surface area contributed by atoms with Gasteiger partial charge in [-0.15, -0.1) is 0 Å². The van der Waals surface area contributed by atoms with Gasteiger partial charge in [0, 0.05) is 0 Å². The molecule has 0 spiro atoms. The Morgan fingerprint density at radius 1 is 1.21 bits per heavy atom. The summed E-state index contributed by atoms with van der Waals surface area (Å²) in [6.45, 7) is 9.96. The molecule has 0 aromatic heterocycles. The number of aryl methyl sites for hydroxylation is 1. The van der Waals surface area contributed by atoms with Crippen molar-refractivity contribution in [2.75, 3.05) is 7.11 Å². The first-order valence-corrected chi connectivity index (χ1v) is 6.80. The molecule has 1 aromatic carbocycles. The average molecular weight is 262 g/mol. The molecule has 1 rings (SSSR count). The van der Waals surface area contributed by atoms with E-state index < -0.39 is 5.60 Å². The highest BCUT2D eigenvalue weighted by Gasteiger charge is 2.11. The summed E-state index contributed by atoms with van der Waals surface area (Å²) in [5.74, 6) is 0.978. The van der Waals surface area contributed by atoms with Gasteiger partial charge in [0.25, 0.3) is 0 Å². The zero-order valence-electron chi connectivity index (χ0n) is 13.0. The minimum atomic E-state index is -0.592. The van der Waals surface area contributed by atoms with Crippen LogP contribution in [0, 0.1) is 20.8 Å². The van der Waals surface area contributed by atoms with E-state index in [1.54, 1.807) is 7.11 Å². The smallest absolute Gasteiger partial charge is 0.124 e. The SMILES string of the molecule is COc1c(C)cc(/C=C/CCC(C)(C)O)c(C)c1C. The van der Waals surface area contributed by atoms with Crippen molar-refractivity contribution in [3.05, 3.63) is 34.4 Å². The summed E-state index contributed by atoms with van der Waals surface area (Å²) in [5.41, 5.74) is 4.25. The number of aliphatic hydroxyl groups is 1. The number of hydrogen-bond acceptors (Lipinski definition) is 2. The Hall–Kier alpha value is -1.28. The monoisotopic (exact) mass is 262 g/mol. The number of ether oxygens (including phenoxy) is 1. The van der Waals surface area contributed by atoms with Crippen LogP contribution in [0.1, 0.15) is 48.9 Å². The molecular formula is C17H26O2. The Morgan fingerprint density at radius 3 is 2.37 bits per heavy atom. The van der Waals surface area contributed by atoms with Crippen molar-refractivity contribution in [3.63, 3.8) is 0 Å². The second-order valence-electron chi connectivity index (χ2n) is 5.82. The second-order valence-corrected chi connectivity index (χ2v) is 5.82. The number of methoxy groups -OCH3 is 1. The van der Waals surface area contributed by atoms with Crippen molar-refractivity contribution in [2.45, 2.75) is 53.1 Å². The third-order valence-electron chi connectivity index (χ3n) is 3.49. The van der Waals surface area contributed by atoms with Crippen molar-refractivity contribution in [1.29, 1.82) is 0 Å². The van der Waals surface area contributed by atoms with Gasteiger partial charge in [0.15, 0.2) is 0 Å². The third-order valence-corrected chi connectivity index (χ3v) is 3.49. The normalized spacial score (nSPS) is 12.2. The molecule has 0 aliphatic rings. The summed E-state index contributed by atoms with van der Waals surface area (Å²) in [5, 5.41) is 9.68. The van der Waals surface area contributed by atoms with Gasteiger partial charge in [0.1, 0.15) is 5.75 Å². The molecule has 0 atom stereocenters. The molecule has 0 aliphatic carbocycles. The molecule has 2 nitrogen and oxygen atoms in total. The van der Waals surface area contributed by atoms with Crippen LogP contribution >= 0.6 is 0 Å². The number of hydrogen-bond donors (Lipinski definition) is 1. The van der Waals surface area contributed by atoms with Crippen LogP contribution < -0.4 is 4.74 Å². The van der Waals surface area contributed by atoms with Gasteiger partial charge in [-0.1, -0.05) is 12.2 Å². The van der Waals surface area contributed by atoms with Crippen molar-refractivity contribution in [2.24, 2.45) is 0 Å². The van der Waals surface area contributed by atoms with Crippen molar-refractivity contribution in [1.82, 2.24) is 0 Å². The van der Waals surface area contributed by atoms with Gasteiger partial charge in [-0.3, -0.25) is 0 Å². The Balaban J connectivity index is 2.88. The molecule has 0 bridgehead atoms. The van der Waals surface area contributed by atoms with Gasteiger partial charge in [-0.05, 0) is 75.8 Å². The quantitative estimate of drug-likeness (QED) is 0.862. The molecule has 0 saturated carbocycles. The number of benzene rings is 1. The van der Waals surface area contributed by atoms with Crippen molar-refractivity contribution >= 4 is 6.08 Å². The highest BCUT2D eigenvalue weighted by Crippen LogP contribution is 2.29. The predicted octanol–water partition coefficient (Wildman–Crippen LogP) is 4.18. The minimum Gasteiger partial charge on any atom is -0.496 e. The standard InChI is InChI=1S/C17H26O2/c1-12-11-15(9-7-8-10-17(4,5)18)13(2)14(3)16(12)19-6/h7,9,11,18H,8,10H2,1-6H3/b9-7+. The molecule has 0 fully saturated rings. The molecule has 0 heterocycles. The van der Waals surface area contributed by atoms with E-state index in [2.05, 4.69) is 39.0 Å². The van der Waals surface area contributed by atoms with Gasteiger partial charge in [-0.2, -0.15) is 0 Å². The zero-order chi connectivity index (χ0) is 14.6. The number of rotatable bonds is 5. The summed E-state index contributed by atoms with van der Waals surface area (Å²) in [6, 6.07) is 2.15. The van der Waals surface area contributed by atoms with Gasteiger partial charge >= 0.3 is 0 Å². The van der Waals surface area contributed by atoms with Crippen LogP contribution in [0.5, 0.6) is 5.75 Å². The molecule has 1 aromatic rings. The molecule has 2 heteroatoms. The first kappa shape index (κ1) is 15.8. The summed E-state index contributed by atoms with van der Waals surface area (Å²) < 4.78 is 5.42. The Labute approximate surface area is 117 Å². The highest BCUT2D eigenvalue weighted by atomic mass is 16.5. The van der Waals surface area contributed by atoms with Crippen molar-refractivity contribution < 1.29 is 9.84 Å². The minimum absolute atomic E-state index is 0.592. The maximum Gasteiger partial charge on any atom is 0.124 e. The molecule has 106 valence electrons. The van der Waals surface area contributed by atoms with Crippen LogP contribution in [0.25, 0.3) is 6.08 Å². The topological polar surface area (TPSA) is 29.5 Å². The van der Waals surface area contributed by atoms with E-state index in [0.29, 0.717) is 0 Å². The first-order chi connectivity index (χ1) is 8.76. The fraction of sp³-hybridized carbons (Fsp3) is 0.529. The molecule has 0 saturated heterocycles. The molecule has 0 amide bonds. The average Bonchev–Trinajstić information content (AvgIpc) is 2.30. The van der Waals surface area contributed by atoms with Crippen LogP contribution in [0.15, 0.2) is 12.1 Å². The fourth-order valence-corrected chi connectivity index (χ4v) is 2.22. The van der Waals surface area contributed by atoms with Crippen LogP contribution in [0.4, 0.5) is 0 Å². The van der Waals surface area contributed by atoms with E-state index in [0.717, 1.165) is 24.2 Å². The first-order valence-electron chi connectivity index (χ1n) is 6.80. The predicted molar refractivity (Wildman–Crippen MR) is 81.8 cm³/mol. The van der Waals surface area contributed by atoms with Gasteiger partial charge in [-0.25, -0.2) is 0 Å². The summed E-state index contributed by atoms with van der Waals surface area (Å²) >= 11 is 0. The van der Waals surface area contributed by atoms with E-state index in [1.165, 1.54) is 16.7 Å². The highest BCUT2D eigenvalue weighted by molar-refractivity contribution is 5.61. The molecule has 0 aliphatic heterocycles.